The van der Waals surface area contributed by atoms with Gasteiger partial charge in [0.15, 0.2) is 22.9 Å². The Kier molecular flexibility index (Phi) is 6.68. The van der Waals surface area contributed by atoms with Gasteiger partial charge in [0.05, 0.1) is 18.7 Å². The van der Waals surface area contributed by atoms with E-state index >= 15 is 0 Å². The normalized spacial score (nSPS) is 16.2. The summed E-state index contributed by atoms with van der Waals surface area (Å²) >= 11 is 6.16. The summed E-state index contributed by atoms with van der Waals surface area (Å²) < 4.78 is 11.2. The van der Waals surface area contributed by atoms with Crippen LogP contribution >= 0.6 is 11.6 Å². The minimum Gasteiger partial charge on any atom is -0.503 e. The van der Waals surface area contributed by atoms with Crippen molar-refractivity contribution in [3.63, 3.8) is 0 Å². The highest BCUT2D eigenvalue weighted by Gasteiger charge is 2.44. The number of furan rings is 1. The molecular weight excluding hydrogens is 456 g/mol. The number of Topliss-reactive ketones (excluding diaryl/α,β-unsaturated/α-hetero) is 1. The van der Waals surface area contributed by atoms with E-state index in [1.807, 2.05) is 50.2 Å². The molecule has 4 rings (SSSR count). The van der Waals surface area contributed by atoms with Gasteiger partial charge in [0.1, 0.15) is 0 Å². The van der Waals surface area contributed by atoms with Gasteiger partial charge in [0.25, 0.3) is 5.91 Å². The van der Waals surface area contributed by atoms with Gasteiger partial charge in [0, 0.05) is 23.0 Å². The van der Waals surface area contributed by atoms with E-state index in [1.54, 1.807) is 23.1 Å². The van der Waals surface area contributed by atoms with Crippen LogP contribution in [0.2, 0.25) is 5.02 Å². The Balaban J connectivity index is 1.78. The van der Waals surface area contributed by atoms with E-state index in [2.05, 4.69) is 0 Å². The molecule has 1 aliphatic rings. The number of hydrogen-bond acceptors (Lipinski definition) is 6. The molecule has 0 saturated carbocycles. The van der Waals surface area contributed by atoms with Crippen molar-refractivity contribution in [2.24, 2.45) is 0 Å². The third-order valence-electron chi connectivity index (χ3n) is 5.90. The summed E-state index contributed by atoms with van der Waals surface area (Å²) in [5.41, 5.74) is 2.11. The molecular formula is C26H27ClN2O5. The molecule has 1 amide bonds. The summed E-state index contributed by atoms with van der Waals surface area (Å²) in [6.07, 6.45) is 0.691. The highest BCUT2D eigenvalue weighted by atomic mass is 35.5. The first-order valence-electron chi connectivity index (χ1n) is 11.0. The Bertz CT molecular complexity index is 1290. The molecule has 2 heterocycles. The molecule has 0 fully saturated rings. The lowest BCUT2D eigenvalue weighted by molar-refractivity contribution is -0.129. The Morgan fingerprint density at radius 1 is 1.24 bits per heavy atom. The molecule has 3 aromatic rings. The van der Waals surface area contributed by atoms with Gasteiger partial charge in [-0.2, -0.15) is 0 Å². The van der Waals surface area contributed by atoms with E-state index in [4.69, 9.17) is 20.8 Å². The second-order valence-corrected chi connectivity index (χ2v) is 9.14. The summed E-state index contributed by atoms with van der Waals surface area (Å²) in [5, 5.41) is 11.9. The molecule has 7 nitrogen and oxygen atoms in total. The smallest absolute Gasteiger partial charge is 0.290 e. The molecule has 178 valence electrons. The number of fused-ring (bicyclic) bond motifs is 1. The fraction of sp³-hybridized carbons (Fsp3) is 0.308. The number of carbonyl (C=O) groups excluding carboxylic acids is 2. The number of ether oxygens (including phenoxy) is 1. The van der Waals surface area contributed by atoms with Crippen LogP contribution in [0.5, 0.6) is 5.75 Å². The minimum atomic E-state index is -0.722. The number of nitrogens with zero attached hydrogens (tertiary/aromatic N) is 2. The number of benzene rings is 2. The first-order valence-corrected chi connectivity index (χ1v) is 11.4. The summed E-state index contributed by atoms with van der Waals surface area (Å²) in [4.78, 5) is 30.4. The van der Waals surface area contributed by atoms with E-state index in [0.29, 0.717) is 34.7 Å². The molecule has 0 bridgehead atoms. The van der Waals surface area contributed by atoms with Crippen molar-refractivity contribution in [3.05, 3.63) is 75.7 Å². The minimum absolute atomic E-state index is 0.00212. The quantitative estimate of drug-likeness (QED) is 0.458. The zero-order valence-corrected chi connectivity index (χ0v) is 20.3. The second kappa shape index (κ2) is 9.52. The molecule has 1 unspecified atom stereocenters. The number of aliphatic hydroxyl groups excluding tert-OH is 1. The summed E-state index contributed by atoms with van der Waals surface area (Å²) in [6.45, 7) is 3.09. The van der Waals surface area contributed by atoms with Crippen LogP contribution in [0, 0.1) is 6.92 Å². The second-order valence-electron chi connectivity index (χ2n) is 8.70. The number of aryl methyl sites for hydroxylation is 1. The van der Waals surface area contributed by atoms with Crippen molar-refractivity contribution in [2.45, 2.75) is 19.4 Å². The molecule has 2 aromatic carbocycles. The van der Waals surface area contributed by atoms with E-state index < -0.39 is 23.5 Å². The van der Waals surface area contributed by atoms with Crippen molar-refractivity contribution in [3.8, 4) is 5.75 Å². The number of rotatable bonds is 8. The number of hydrogen-bond donors (Lipinski definition) is 1. The van der Waals surface area contributed by atoms with Crippen molar-refractivity contribution in [1.29, 1.82) is 0 Å². The third-order valence-corrected chi connectivity index (χ3v) is 6.12. The predicted molar refractivity (Wildman–Crippen MR) is 131 cm³/mol. The standard InChI is InChI=1S/C26H27ClN2O5/c1-15-7-5-8-16(11-15)22-21(24(31)26(32)29(22)10-6-9-28(2)3)23(30)19-13-17-12-18(27)14-20(33-4)25(17)34-19/h5,7-8,11-14,22,31H,6,9-10H2,1-4H3. The van der Waals surface area contributed by atoms with Gasteiger partial charge in [-0.3, -0.25) is 9.59 Å². The first kappa shape index (κ1) is 23.9. The topological polar surface area (TPSA) is 83.2 Å². The zero-order chi connectivity index (χ0) is 24.6. The summed E-state index contributed by atoms with van der Waals surface area (Å²) in [6, 6.07) is 11.7. The summed E-state index contributed by atoms with van der Waals surface area (Å²) in [7, 11) is 5.39. The number of methoxy groups -OCH3 is 1. The number of carbonyl (C=O) groups is 2. The fourth-order valence-corrected chi connectivity index (χ4v) is 4.56. The highest BCUT2D eigenvalue weighted by Crippen LogP contribution is 2.41. The Morgan fingerprint density at radius 3 is 2.68 bits per heavy atom. The molecule has 34 heavy (non-hydrogen) atoms. The van der Waals surface area contributed by atoms with Gasteiger partial charge >= 0.3 is 0 Å². The number of halogens is 1. The Morgan fingerprint density at radius 2 is 2.00 bits per heavy atom. The third kappa shape index (κ3) is 4.41. The number of amides is 1. The van der Waals surface area contributed by atoms with E-state index in [-0.39, 0.29) is 11.3 Å². The van der Waals surface area contributed by atoms with Crippen molar-refractivity contribution >= 4 is 34.3 Å². The van der Waals surface area contributed by atoms with Crippen LogP contribution in [0.25, 0.3) is 11.0 Å². The lowest BCUT2D eigenvalue weighted by Crippen LogP contribution is -2.33. The van der Waals surface area contributed by atoms with Crippen LogP contribution in [-0.2, 0) is 4.79 Å². The SMILES string of the molecule is COc1cc(Cl)cc2cc(C(=O)C3=C(O)C(=O)N(CCCN(C)C)C3c3cccc(C)c3)oc12. The number of ketones is 1. The molecule has 1 aromatic heterocycles. The van der Waals surface area contributed by atoms with E-state index in [0.717, 1.165) is 17.7 Å². The van der Waals surface area contributed by atoms with Gasteiger partial charge in [-0.05, 0) is 51.7 Å². The zero-order valence-electron chi connectivity index (χ0n) is 19.6. The van der Waals surface area contributed by atoms with Crippen molar-refractivity contribution < 1.29 is 23.8 Å². The van der Waals surface area contributed by atoms with Gasteiger partial charge < -0.3 is 24.1 Å². The molecule has 1 N–H and O–H groups in total. The van der Waals surface area contributed by atoms with Crippen LogP contribution in [0.1, 0.15) is 34.1 Å². The lowest BCUT2D eigenvalue weighted by Gasteiger charge is -2.27. The monoisotopic (exact) mass is 482 g/mol. The molecule has 0 radical (unpaired) electrons. The molecule has 1 atom stereocenters. The van der Waals surface area contributed by atoms with Gasteiger partial charge in [-0.25, -0.2) is 0 Å². The maximum Gasteiger partial charge on any atom is 0.290 e. The molecule has 0 saturated heterocycles. The van der Waals surface area contributed by atoms with Crippen molar-refractivity contribution in [1.82, 2.24) is 9.80 Å². The van der Waals surface area contributed by atoms with Gasteiger partial charge in [-0.15, -0.1) is 0 Å². The molecule has 8 heteroatoms. The van der Waals surface area contributed by atoms with Crippen molar-refractivity contribution in [2.75, 3.05) is 34.3 Å². The number of aliphatic hydroxyl groups is 1. The average Bonchev–Trinajstić information content (AvgIpc) is 3.32. The van der Waals surface area contributed by atoms with Gasteiger partial charge in [0.2, 0.25) is 5.78 Å². The molecule has 0 spiro atoms. The maximum absolute atomic E-state index is 13.7. The van der Waals surface area contributed by atoms with Crippen LogP contribution in [0.15, 0.2) is 58.2 Å². The van der Waals surface area contributed by atoms with Crippen LogP contribution in [-0.4, -0.2) is 60.9 Å². The van der Waals surface area contributed by atoms with E-state index in [1.165, 1.54) is 7.11 Å². The largest absolute Gasteiger partial charge is 0.503 e. The lowest BCUT2D eigenvalue weighted by atomic mass is 9.94. The highest BCUT2D eigenvalue weighted by molar-refractivity contribution is 6.31. The van der Waals surface area contributed by atoms with E-state index in [9.17, 15) is 14.7 Å². The Labute approximate surface area is 203 Å². The Hall–Kier alpha value is -3.29. The summed E-state index contributed by atoms with van der Waals surface area (Å²) in [5.74, 6) is -1.28. The van der Waals surface area contributed by atoms with Gasteiger partial charge in [-0.1, -0.05) is 41.4 Å². The average molecular weight is 483 g/mol. The fourth-order valence-electron chi connectivity index (χ4n) is 4.34. The predicted octanol–water partition coefficient (Wildman–Crippen LogP) is 4.93. The maximum atomic E-state index is 13.7. The van der Waals surface area contributed by atoms with Crippen LogP contribution < -0.4 is 4.74 Å². The van der Waals surface area contributed by atoms with Crippen LogP contribution in [0.4, 0.5) is 0 Å². The first-order chi connectivity index (χ1) is 16.2. The molecule has 1 aliphatic heterocycles. The van der Waals surface area contributed by atoms with Crippen LogP contribution in [0.3, 0.4) is 0 Å². The molecule has 0 aliphatic carbocycles.